The van der Waals surface area contributed by atoms with Gasteiger partial charge in [-0.1, -0.05) is 19.1 Å². The van der Waals surface area contributed by atoms with E-state index in [9.17, 15) is 0 Å². The number of nitrogens with zero attached hydrogens (tertiary/aromatic N) is 2. The fourth-order valence-corrected chi connectivity index (χ4v) is 2.91. The van der Waals surface area contributed by atoms with Gasteiger partial charge < -0.3 is 10.6 Å². The molecule has 3 nitrogen and oxygen atoms in total. The Kier molecular flexibility index (Phi) is 5.15. The predicted molar refractivity (Wildman–Crippen MR) is 87.4 cm³/mol. The molecule has 0 aliphatic carbocycles. The smallest absolute Gasteiger partial charge is 0.0795 e. The van der Waals surface area contributed by atoms with Gasteiger partial charge in [0.2, 0.25) is 0 Å². The zero-order chi connectivity index (χ0) is 14.5. The first-order valence-corrected chi connectivity index (χ1v) is 7.97. The molecule has 2 rings (SSSR count). The van der Waals surface area contributed by atoms with Crippen molar-refractivity contribution in [1.29, 1.82) is 0 Å². The van der Waals surface area contributed by atoms with Crippen LogP contribution < -0.4 is 10.6 Å². The van der Waals surface area contributed by atoms with Crippen molar-refractivity contribution in [2.75, 3.05) is 11.9 Å². The molecule has 1 unspecified atom stereocenters. The van der Waals surface area contributed by atoms with E-state index in [1.807, 2.05) is 5.51 Å². The quantitative estimate of drug-likeness (QED) is 0.886. The summed E-state index contributed by atoms with van der Waals surface area (Å²) >= 11 is 1.64. The lowest BCUT2D eigenvalue weighted by Crippen LogP contribution is -2.22. The van der Waals surface area contributed by atoms with Crippen molar-refractivity contribution in [3.05, 3.63) is 45.9 Å². The van der Waals surface area contributed by atoms with Gasteiger partial charge in [0.1, 0.15) is 0 Å². The number of aromatic nitrogens is 1. The minimum absolute atomic E-state index is 0.257. The summed E-state index contributed by atoms with van der Waals surface area (Å²) < 4.78 is 0. The van der Waals surface area contributed by atoms with Gasteiger partial charge in [-0.2, -0.15) is 0 Å². The Morgan fingerprint density at radius 1 is 1.40 bits per heavy atom. The average molecular weight is 289 g/mol. The lowest BCUT2D eigenvalue weighted by molar-refractivity contribution is 0.646. The summed E-state index contributed by atoms with van der Waals surface area (Å²) in [7, 11) is 2.11. The van der Waals surface area contributed by atoms with Gasteiger partial charge in [0.05, 0.1) is 17.7 Å². The molecular formula is C16H23N3S. The van der Waals surface area contributed by atoms with E-state index in [1.165, 1.54) is 16.8 Å². The molecule has 0 spiro atoms. The first-order chi connectivity index (χ1) is 9.60. The SMILES string of the molecule is CCC(N)Cc1ccc(N(C)Cc2cscn2)c(C)c1. The Hall–Kier alpha value is -1.39. The highest BCUT2D eigenvalue weighted by Gasteiger charge is 2.08. The van der Waals surface area contributed by atoms with E-state index >= 15 is 0 Å². The van der Waals surface area contributed by atoms with E-state index in [-0.39, 0.29) is 6.04 Å². The summed E-state index contributed by atoms with van der Waals surface area (Å²) in [5.41, 5.74) is 12.9. The third-order valence-corrected chi connectivity index (χ3v) is 4.21. The summed E-state index contributed by atoms with van der Waals surface area (Å²) in [4.78, 5) is 6.58. The van der Waals surface area contributed by atoms with Gasteiger partial charge in [0.25, 0.3) is 0 Å². The molecule has 0 fully saturated rings. The van der Waals surface area contributed by atoms with Crippen LogP contribution in [0.4, 0.5) is 5.69 Å². The second-order valence-corrected chi connectivity index (χ2v) is 6.05. The topological polar surface area (TPSA) is 42.1 Å². The van der Waals surface area contributed by atoms with Crippen LogP contribution in [0.25, 0.3) is 0 Å². The maximum absolute atomic E-state index is 6.03. The van der Waals surface area contributed by atoms with Gasteiger partial charge in [0, 0.05) is 24.2 Å². The Morgan fingerprint density at radius 2 is 2.20 bits per heavy atom. The summed E-state index contributed by atoms with van der Waals surface area (Å²) in [6.07, 6.45) is 1.97. The Labute approximate surface area is 125 Å². The van der Waals surface area contributed by atoms with Crippen LogP contribution in [0.1, 0.15) is 30.2 Å². The second kappa shape index (κ2) is 6.86. The van der Waals surface area contributed by atoms with Crippen molar-refractivity contribution in [3.63, 3.8) is 0 Å². The standard InChI is InChI=1S/C16H23N3S/c1-4-14(17)8-13-5-6-16(12(2)7-13)19(3)9-15-10-20-11-18-15/h5-7,10-11,14H,4,8-9,17H2,1-3H3. The van der Waals surface area contributed by atoms with Crippen molar-refractivity contribution >= 4 is 17.0 Å². The van der Waals surface area contributed by atoms with Gasteiger partial charge in [-0.05, 0) is 37.0 Å². The van der Waals surface area contributed by atoms with E-state index in [1.54, 1.807) is 11.3 Å². The highest BCUT2D eigenvalue weighted by atomic mass is 32.1. The van der Waals surface area contributed by atoms with Gasteiger partial charge in [-0.25, -0.2) is 4.98 Å². The molecule has 0 saturated heterocycles. The number of nitrogens with two attached hydrogens (primary N) is 1. The summed E-state index contributed by atoms with van der Waals surface area (Å²) in [6.45, 7) is 5.14. The Bertz CT molecular complexity index is 537. The molecule has 0 radical (unpaired) electrons. The van der Waals surface area contributed by atoms with Crippen LogP contribution in [-0.4, -0.2) is 18.1 Å². The molecule has 2 N–H and O–H groups in total. The van der Waals surface area contributed by atoms with Crippen LogP contribution in [0.2, 0.25) is 0 Å². The van der Waals surface area contributed by atoms with Crippen LogP contribution in [0, 0.1) is 6.92 Å². The molecule has 1 aromatic carbocycles. The van der Waals surface area contributed by atoms with Crippen molar-refractivity contribution in [2.24, 2.45) is 5.73 Å². The van der Waals surface area contributed by atoms with Crippen molar-refractivity contribution in [1.82, 2.24) is 4.98 Å². The molecule has 1 aromatic heterocycles. The molecule has 0 amide bonds. The van der Waals surface area contributed by atoms with Gasteiger partial charge >= 0.3 is 0 Å². The van der Waals surface area contributed by atoms with Crippen LogP contribution >= 0.6 is 11.3 Å². The third-order valence-electron chi connectivity index (χ3n) is 3.58. The maximum Gasteiger partial charge on any atom is 0.0795 e. The first kappa shape index (κ1) is 15.0. The van der Waals surface area contributed by atoms with Gasteiger partial charge in [-0.3, -0.25) is 0 Å². The van der Waals surface area contributed by atoms with E-state index in [2.05, 4.69) is 54.4 Å². The van der Waals surface area contributed by atoms with E-state index in [0.717, 1.165) is 25.1 Å². The first-order valence-electron chi connectivity index (χ1n) is 7.03. The molecule has 0 aliphatic heterocycles. The molecular weight excluding hydrogens is 266 g/mol. The highest BCUT2D eigenvalue weighted by Crippen LogP contribution is 2.22. The van der Waals surface area contributed by atoms with E-state index < -0.39 is 0 Å². The molecule has 108 valence electrons. The maximum atomic E-state index is 6.03. The van der Waals surface area contributed by atoms with Crippen LogP contribution in [0.3, 0.4) is 0 Å². The molecule has 2 aromatic rings. The van der Waals surface area contributed by atoms with Gasteiger partial charge in [0.15, 0.2) is 0 Å². The molecule has 20 heavy (non-hydrogen) atoms. The molecule has 0 aliphatic rings. The minimum Gasteiger partial charge on any atom is -0.368 e. The zero-order valence-corrected chi connectivity index (χ0v) is 13.3. The fourth-order valence-electron chi connectivity index (χ4n) is 2.36. The van der Waals surface area contributed by atoms with Crippen molar-refractivity contribution in [2.45, 2.75) is 39.3 Å². The molecule has 4 heteroatoms. The van der Waals surface area contributed by atoms with E-state index in [4.69, 9.17) is 5.73 Å². The molecule has 1 heterocycles. The van der Waals surface area contributed by atoms with Crippen LogP contribution in [0.5, 0.6) is 0 Å². The zero-order valence-electron chi connectivity index (χ0n) is 12.5. The number of rotatable bonds is 6. The third kappa shape index (κ3) is 3.81. The lowest BCUT2D eigenvalue weighted by Gasteiger charge is -2.21. The Morgan fingerprint density at radius 3 is 2.80 bits per heavy atom. The molecule has 0 bridgehead atoms. The van der Waals surface area contributed by atoms with Crippen molar-refractivity contribution < 1.29 is 0 Å². The van der Waals surface area contributed by atoms with E-state index in [0.29, 0.717) is 0 Å². The number of hydrogen-bond donors (Lipinski definition) is 1. The number of hydrogen-bond acceptors (Lipinski definition) is 4. The Balaban J connectivity index is 2.08. The second-order valence-electron chi connectivity index (χ2n) is 5.33. The number of thiazole rings is 1. The highest BCUT2D eigenvalue weighted by molar-refractivity contribution is 7.07. The summed E-state index contributed by atoms with van der Waals surface area (Å²) in [6, 6.07) is 6.89. The number of anilines is 1. The minimum atomic E-state index is 0.257. The summed E-state index contributed by atoms with van der Waals surface area (Å²) in [5.74, 6) is 0. The molecule has 1 atom stereocenters. The van der Waals surface area contributed by atoms with Crippen LogP contribution in [0.15, 0.2) is 29.1 Å². The molecule has 0 saturated carbocycles. The fraction of sp³-hybridized carbons (Fsp3) is 0.438. The van der Waals surface area contributed by atoms with Crippen molar-refractivity contribution in [3.8, 4) is 0 Å². The predicted octanol–water partition coefficient (Wildman–Crippen LogP) is 3.37. The monoisotopic (exact) mass is 289 g/mol. The normalized spacial score (nSPS) is 12.4. The average Bonchev–Trinajstić information content (AvgIpc) is 2.91. The summed E-state index contributed by atoms with van der Waals surface area (Å²) in [5, 5.41) is 2.10. The largest absolute Gasteiger partial charge is 0.368 e. The number of benzene rings is 1. The lowest BCUT2D eigenvalue weighted by atomic mass is 10.0. The number of aryl methyl sites for hydroxylation is 1. The van der Waals surface area contributed by atoms with Crippen LogP contribution in [-0.2, 0) is 13.0 Å². The van der Waals surface area contributed by atoms with Gasteiger partial charge in [-0.15, -0.1) is 11.3 Å².